The van der Waals surface area contributed by atoms with Crippen molar-refractivity contribution < 1.29 is 4.79 Å². The maximum absolute atomic E-state index is 11.1. The van der Waals surface area contributed by atoms with Gasteiger partial charge in [-0.3, -0.25) is 4.79 Å². The molecule has 1 atom stereocenters. The Morgan fingerprint density at radius 1 is 1.26 bits per heavy atom. The fraction of sp³-hybridized carbons (Fsp3) is 0.235. The number of rotatable bonds is 3. The van der Waals surface area contributed by atoms with Crippen molar-refractivity contribution in [3.8, 4) is 11.8 Å². The second kappa shape index (κ2) is 6.17. The second-order valence-corrected chi connectivity index (χ2v) is 4.53. The highest BCUT2D eigenvalue weighted by Gasteiger charge is 2.04. The summed E-state index contributed by atoms with van der Waals surface area (Å²) in [7, 11) is 0. The maximum Gasteiger partial charge on any atom is 0.151 e. The standard InChI is InChI=1S/C17H17NO/c1-2-5-15(18)10-11-17-14(12-19)9-8-13-6-3-4-7-16(13)17/h3-4,6-9,12,15H,2,5,18H2,1H3. The zero-order valence-electron chi connectivity index (χ0n) is 11.0. The lowest BCUT2D eigenvalue weighted by Crippen LogP contribution is -2.16. The van der Waals surface area contributed by atoms with E-state index in [-0.39, 0.29) is 6.04 Å². The summed E-state index contributed by atoms with van der Waals surface area (Å²) in [5.74, 6) is 6.12. The van der Waals surface area contributed by atoms with Gasteiger partial charge in [0.15, 0.2) is 6.29 Å². The largest absolute Gasteiger partial charge is 0.318 e. The van der Waals surface area contributed by atoms with Crippen LogP contribution in [0.4, 0.5) is 0 Å². The summed E-state index contributed by atoms with van der Waals surface area (Å²) in [6.07, 6.45) is 2.72. The van der Waals surface area contributed by atoms with Crippen molar-refractivity contribution in [3.63, 3.8) is 0 Å². The molecule has 19 heavy (non-hydrogen) atoms. The van der Waals surface area contributed by atoms with Crippen LogP contribution in [0.25, 0.3) is 10.8 Å². The SMILES string of the molecule is CCCC(N)C#Cc1c(C=O)ccc2ccccc12. The highest BCUT2D eigenvalue weighted by atomic mass is 16.1. The number of aldehydes is 1. The Morgan fingerprint density at radius 3 is 2.79 bits per heavy atom. The van der Waals surface area contributed by atoms with E-state index in [0.717, 1.165) is 35.5 Å². The van der Waals surface area contributed by atoms with Crippen LogP contribution in [0.5, 0.6) is 0 Å². The van der Waals surface area contributed by atoms with E-state index in [9.17, 15) is 4.79 Å². The van der Waals surface area contributed by atoms with Gasteiger partial charge >= 0.3 is 0 Å². The third-order valence-corrected chi connectivity index (χ3v) is 3.07. The molecule has 2 aromatic carbocycles. The Balaban J connectivity index is 2.53. The zero-order chi connectivity index (χ0) is 13.7. The molecule has 0 fully saturated rings. The monoisotopic (exact) mass is 251 g/mol. The lowest BCUT2D eigenvalue weighted by Gasteiger charge is -2.04. The predicted molar refractivity (Wildman–Crippen MR) is 79.1 cm³/mol. The second-order valence-electron chi connectivity index (χ2n) is 4.53. The van der Waals surface area contributed by atoms with Crippen molar-refractivity contribution in [1.82, 2.24) is 0 Å². The molecule has 0 saturated heterocycles. The molecule has 96 valence electrons. The molecule has 0 aromatic heterocycles. The fourth-order valence-electron chi connectivity index (χ4n) is 2.07. The summed E-state index contributed by atoms with van der Waals surface area (Å²) >= 11 is 0. The van der Waals surface area contributed by atoms with Gasteiger partial charge in [0.2, 0.25) is 0 Å². The molecule has 2 nitrogen and oxygen atoms in total. The minimum absolute atomic E-state index is 0.136. The van der Waals surface area contributed by atoms with Gasteiger partial charge < -0.3 is 5.73 Å². The highest BCUT2D eigenvalue weighted by Crippen LogP contribution is 2.20. The summed E-state index contributed by atoms with van der Waals surface area (Å²) in [5, 5.41) is 2.09. The molecule has 0 radical (unpaired) electrons. The van der Waals surface area contributed by atoms with Gasteiger partial charge in [-0.15, -0.1) is 0 Å². The number of nitrogens with two attached hydrogens (primary N) is 1. The van der Waals surface area contributed by atoms with E-state index in [0.29, 0.717) is 5.56 Å². The van der Waals surface area contributed by atoms with Crippen LogP contribution in [0.2, 0.25) is 0 Å². The first-order chi connectivity index (χ1) is 9.26. The van der Waals surface area contributed by atoms with E-state index in [4.69, 9.17) is 5.73 Å². The zero-order valence-corrected chi connectivity index (χ0v) is 11.0. The van der Waals surface area contributed by atoms with Crippen LogP contribution in [0.3, 0.4) is 0 Å². The molecular formula is C17H17NO. The van der Waals surface area contributed by atoms with Gasteiger partial charge in [0, 0.05) is 11.1 Å². The van der Waals surface area contributed by atoms with Crippen LogP contribution in [-0.2, 0) is 0 Å². The Bertz CT molecular complexity index is 649. The summed E-state index contributed by atoms with van der Waals surface area (Å²) < 4.78 is 0. The Hall–Kier alpha value is -2.11. The molecule has 2 heteroatoms. The Morgan fingerprint density at radius 2 is 2.05 bits per heavy atom. The predicted octanol–water partition coefficient (Wildman–Crippen LogP) is 3.13. The van der Waals surface area contributed by atoms with Crippen molar-refractivity contribution in [2.75, 3.05) is 0 Å². The number of carbonyl (C=O) groups excluding carboxylic acids is 1. The third-order valence-electron chi connectivity index (χ3n) is 3.07. The van der Waals surface area contributed by atoms with Crippen molar-refractivity contribution in [2.24, 2.45) is 5.73 Å². The summed E-state index contributed by atoms with van der Waals surface area (Å²) in [5.41, 5.74) is 7.30. The fourth-order valence-corrected chi connectivity index (χ4v) is 2.07. The highest BCUT2D eigenvalue weighted by molar-refractivity contribution is 5.95. The van der Waals surface area contributed by atoms with Crippen LogP contribution >= 0.6 is 0 Å². The quantitative estimate of drug-likeness (QED) is 0.672. The lowest BCUT2D eigenvalue weighted by atomic mass is 9.99. The van der Waals surface area contributed by atoms with Crippen LogP contribution in [0.1, 0.15) is 35.7 Å². The van der Waals surface area contributed by atoms with Gasteiger partial charge in [-0.1, -0.05) is 55.5 Å². The summed E-state index contributed by atoms with van der Waals surface area (Å²) in [6, 6.07) is 11.5. The molecular weight excluding hydrogens is 234 g/mol. The minimum atomic E-state index is -0.136. The van der Waals surface area contributed by atoms with Gasteiger partial charge in [-0.2, -0.15) is 0 Å². The van der Waals surface area contributed by atoms with E-state index in [1.54, 1.807) is 0 Å². The van der Waals surface area contributed by atoms with Crippen molar-refractivity contribution in [3.05, 3.63) is 47.5 Å². The number of hydrogen-bond acceptors (Lipinski definition) is 2. The van der Waals surface area contributed by atoms with E-state index >= 15 is 0 Å². The van der Waals surface area contributed by atoms with Crippen LogP contribution < -0.4 is 5.73 Å². The maximum atomic E-state index is 11.1. The van der Waals surface area contributed by atoms with Crippen molar-refractivity contribution >= 4 is 17.1 Å². The molecule has 0 aliphatic heterocycles. The van der Waals surface area contributed by atoms with Crippen molar-refractivity contribution in [1.29, 1.82) is 0 Å². The number of fused-ring (bicyclic) bond motifs is 1. The summed E-state index contributed by atoms with van der Waals surface area (Å²) in [4.78, 5) is 11.1. The lowest BCUT2D eigenvalue weighted by molar-refractivity contribution is 0.112. The average molecular weight is 251 g/mol. The van der Waals surface area contributed by atoms with Crippen LogP contribution in [-0.4, -0.2) is 12.3 Å². The van der Waals surface area contributed by atoms with Gasteiger partial charge in [0.1, 0.15) is 0 Å². The molecule has 0 amide bonds. The number of hydrogen-bond donors (Lipinski definition) is 1. The molecule has 0 saturated carbocycles. The van der Waals surface area contributed by atoms with Gasteiger partial charge in [-0.25, -0.2) is 0 Å². The smallest absolute Gasteiger partial charge is 0.151 e. The van der Waals surface area contributed by atoms with E-state index in [1.165, 1.54) is 0 Å². The molecule has 2 aromatic rings. The first-order valence-electron chi connectivity index (χ1n) is 6.50. The number of carbonyl (C=O) groups is 1. The molecule has 2 N–H and O–H groups in total. The molecule has 0 heterocycles. The van der Waals surface area contributed by atoms with E-state index < -0.39 is 0 Å². The molecule has 0 aliphatic rings. The first-order valence-corrected chi connectivity index (χ1v) is 6.50. The molecule has 0 aliphatic carbocycles. The Kier molecular flexibility index (Phi) is 4.33. The average Bonchev–Trinajstić information content (AvgIpc) is 2.44. The van der Waals surface area contributed by atoms with E-state index in [1.807, 2.05) is 36.4 Å². The van der Waals surface area contributed by atoms with Gasteiger partial charge in [-0.05, 0) is 23.3 Å². The normalized spacial score (nSPS) is 11.7. The van der Waals surface area contributed by atoms with Crippen LogP contribution in [0.15, 0.2) is 36.4 Å². The Labute approximate surface area is 113 Å². The topological polar surface area (TPSA) is 43.1 Å². The first kappa shape index (κ1) is 13.3. The molecule has 0 spiro atoms. The molecule has 1 unspecified atom stereocenters. The minimum Gasteiger partial charge on any atom is -0.318 e. The third kappa shape index (κ3) is 3.01. The van der Waals surface area contributed by atoms with E-state index in [2.05, 4.69) is 18.8 Å². The van der Waals surface area contributed by atoms with Gasteiger partial charge in [0.25, 0.3) is 0 Å². The summed E-state index contributed by atoms with van der Waals surface area (Å²) in [6.45, 7) is 2.08. The molecule has 2 rings (SSSR count). The number of benzene rings is 2. The van der Waals surface area contributed by atoms with Crippen LogP contribution in [0, 0.1) is 11.8 Å². The van der Waals surface area contributed by atoms with Gasteiger partial charge in [0.05, 0.1) is 6.04 Å². The van der Waals surface area contributed by atoms with Crippen molar-refractivity contribution in [2.45, 2.75) is 25.8 Å². The molecule has 0 bridgehead atoms.